The molecule has 1 unspecified atom stereocenters. The van der Waals surface area contributed by atoms with Crippen LogP contribution < -0.4 is 10.1 Å². The number of hydrogen-bond acceptors (Lipinski definition) is 8. The predicted octanol–water partition coefficient (Wildman–Crippen LogP) is 6.49. The highest BCUT2D eigenvalue weighted by Gasteiger charge is 2.31. The molecule has 8 nitrogen and oxygen atoms in total. The first kappa shape index (κ1) is 25.5. The smallest absolute Gasteiger partial charge is 0.337 e. The first-order valence-electron chi connectivity index (χ1n) is 12.6. The van der Waals surface area contributed by atoms with Crippen molar-refractivity contribution in [2.45, 2.75) is 6.42 Å². The van der Waals surface area contributed by atoms with E-state index in [0.29, 0.717) is 34.4 Å². The Labute approximate surface area is 236 Å². The van der Waals surface area contributed by atoms with Gasteiger partial charge in [-0.05, 0) is 48.4 Å². The van der Waals surface area contributed by atoms with Crippen molar-refractivity contribution < 1.29 is 14.3 Å². The van der Waals surface area contributed by atoms with Crippen molar-refractivity contribution in [2.75, 3.05) is 19.5 Å². The van der Waals surface area contributed by atoms with Crippen molar-refractivity contribution in [2.24, 2.45) is 10.9 Å². The van der Waals surface area contributed by atoms with Gasteiger partial charge in [0, 0.05) is 45.7 Å². The number of esters is 1. The Bertz CT molecular complexity index is 1720. The average Bonchev–Trinajstić information content (AvgIpc) is 3.37. The van der Waals surface area contributed by atoms with Gasteiger partial charge in [-0.1, -0.05) is 41.9 Å². The summed E-state index contributed by atoms with van der Waals surface area (Å²) in [6.45, 7) is 0. The van der Waals surface area contributed by atoms with Gasteiger partial charge in [0.05, 0.1) is 37.4 Å². The monoisotopic (exact) mass is 549 g/mol. The molecule has 1 N–H and O–H groups in total. The van der Waals surface area contributed by atoms with Crippen LogP contribution in [0.3, 0.4) is 0 Å². The molecular formula is C31H24ClN5O3. The van der Waals surface area contributed by atoms with Crippen LogP contribution in [0.15, 0.2) is 90.3 Å². The van der Waals surface area contributed by atoms with E-state index in [9.17, 15) is 4.79 Å². The first-order chi connectivity index (χ1) is 19.5. The number of benzene rings is 2. The van der Waals surface area contributed by atoms with Crippen LogP contribution in [0.1, 0.15) is 27.3 Å². The minimum absolute atomic E-state index is 0.105. The summed E-state index contributed by atoms with van der Waals surface area (Å²) in [5.41, 5.74) is 6.96. The fraction of sp³-hybridized carbons (Fsp3) is 0.129. The molecule has 198 valence electrons. The Morgan fingerprint density at radius 1 is 1.07 bits per heavy atom. The zero-order chi connectivity index (χ0) is 27.6. The van der Waals surface area contributed by atoms with E-state index in [-0.39, 0.29) is 5.92 Å². The number of aromatic nitrogens is 3. The van der Waals surface area contributed by atoms with E-state index >= 15 is 0 Å². The van der Waals surface area contributed by atoms with Crippen LogP contribution in [-0.2, 0) is 11.2 Å². The molecule has 6 rings (SSSR count). The summed E-state index contributed by atoms with van der Waals surface area (Å²) >= 11 is 6.63. The Hall–Kier alpha value is -4.82. The number of hydrogen-bond donors (Lipinski definition) is 1. The summed E-state index contributed by atoms with van der Waals surface area (Å²) in [6.07, 6.45) is 9.85. The first-order valence-corrected chi connectivity index (χ1v) is 13.0. The SMILES string of the molecule is COC(=O)c1ccc(CC2C=C(c3ncc(OC)c(Nc4ccncc4)n3)C=C3C2=Nc2ccccc23)c(Cl)c1. The number of methoxy groups -OCH3 is 2. The molecule has 4 aromatic rings. The van der Waals surface area contributed by atoms with E-state index < -0.39 is 5.97 Å². The molecule has 40 heavy (non-hydrogen) atoms. The second-order valence-electron chi connectivity index (χ2n) is 9.27. The lowest BCUT2D eigenvalue weighted by Gasteiger charge is -2.22. The van der Waals surface area contributed by atoms with Gasteiger partial charge in [0.25, 0.3) is 0 Å². The van der Waals surface area contributed by atoms with Gasteiger partial charge in [0.15, 0.2) is 17.4 Å². The van der Waals surface area contributed by atoms with Crippen molar-refractivity contribution in [1.82, 2.24) is 15.0 Å². The third-order valence-corrected chi connectivity index (χ3v) is 7.19. The molecule has 0 radical (unpaired) electrons. The molecule has 0 spiro atoms. The number of allylic oxidation sites excluding steroid dienone is 4. The van der Waals surface area contributed by atoms with Gasteiger partial charge in [0.1, 0.15) is 0 Å². The number of nitrogens with zero attached hydrogens (tertiary/aromatic N) is 4. The van der Waals surface area contributed by atoms with Crippen LogP contribution in [-0.4, -0.2) is 40.9 Å². The van der Waals surface area contributed by atoms with Crippen LogP contribution in [0.2, 0.25) is 5.02 Å². The molecule has 0 saturated carbocycles. The Morgan fingerprint density at radius 2 is 1.90 bits per heavy atom. The van der Waals surface area contributed by atoms with Gasteiger partial charge in [-0.2, -0.15) is 0 Å². The van der Waals surface area contributed by atoms with Crippen molar-refractivity contribution in [3.63, 3.8) is 0 Å². The van der Waals surface area contributed by atoms with E-state index in [0.717, 1.165) is 39.4 Å². The molecule has 0 saturated heterocycles. The van der Waals surface area contributed by atoms with Gasteiger partial charge in [-0.3, -0.25) is 9.98 Å². The summed E-state index contributed by atoms with van der Waals surface area (Å²) in [7, 11) is 2.93. The molecule has 9 heteroatoms. The van der Waals surface area contributed by atoms with Crippen LogP contribution in [0.4, 0.5) is 17.2 Å². The second-order valence-corrected chi connectivity index (χ2v) is 9.68. The van der Waals surface area contributed by atoms with Gasteiger partial charge in [0.2, 0.25) is 0 Å². The van der Waals surface area contributed by atoms with Crippen molar-refractivity contribution in [3.05, 3.63) is 113 Å². The largest absolute Gasteiger partial charge is 0.491 e. The van der Waals surface area contributed by atoms with Gasteiger partial charge >= 0.3 is 5.97 Å². The summed E-state index contributed by atoms with van der Waals surface area (Å²) in [4.78, 5) is 30.5. The van der Waals surface area contributed by atoms with E-state index in [4.69, 9.17) is 31.1 Å². The molecule has 3 heterocycles. The predicted molar refractivity (Wildman–Crippen MR) is 156 cm³/mol. The maximum absolute atomic E-state index is 12.0. The molecule has 0 bridgehead atoms. The topological polar surface area (TPSA) is 98.6 Å². The fourth-order valence-electron chi connectivity index (χ4n) is 4.87. The lowest BCUT2D eigenvalue weighted by molar-refractivity contribution is 0.0600. The standard InChI is InChI=1S/C31H24ClN5O3/c1-39-27-17-34-29(37-30(27)35-22-9-11-33-12-10-22)21-14-20(13-18-7-8-19(16-25(18)32)31(38)40-2)28-24(15-21)23-5-3-4-6-26(23)36-28/h3-12,14-17,20H,13H2,1-2H3,(H,33,34,35,37). The minimum Gasteiger partial charge on any atom is -0.491 e. The molecule has 0 fully saturated rings. The van der Waals surface area contributed by atoms with Crippen LogP contribution in [0.25, 0.3) is 11.1 Å². The van der Waals surface area contributed by atoms with Crippen LogP contribution in [0, 0.1) is 5.92 Å². The fourth-order valence-corrected chi connectivity index (χ4v) is 5.13. The van der Waals surface area contributed by atoms with Gasteiger partial charge in [-0.25, -0.2) is 14.8 Å². The van der Waals surface area contributed by atoms with Gasteiger partial charge in [-0.15, -0.1) is 0 Å². The molecule has 1 atom stereocenters. The number of pyridine rings is 1. The number of ether oxygens (including phenoxy) is 2. The third-order valence-electron chi connectivity index (χ3n) is 6.83. The van der Waals surface area contributed by atoms with Crippen LogP contribution >= 0.6 is 11.6 Å². The molecule has 2 aromatic carbocycles. The zero-order valence-corrected chi connectivity index (χ0v) is 22.5. The zero-order valence-electron chi connectivity index (χ0n) is 21.8. The number of rotatable bonds is 7. The maximum Gasteiger partial charge on any atom is 0.337 e. The summed E-state index contributed by atoms with van der Waals surface area (Å²) < 4.78 is 10.4. The summed E-state index contributed by atoms with van der Waals surface area (Å²) in [5, 5.41) is 3.79. The maximum atomic E-state index is 12.0. The summed E-state index contributed by atoms with van der Waals surface area (Å²) in [6, 6.07) is 17.0. The number of fused-ring (bicyclic) bond motifs is 3. The Morgan fingerprint density at radius 3 is 2.67 bits per heavy atom. The minimum atomic E-state index is -0.429. The summed E-state index contributed by atoms with van der Waals surface area (Å²) in [5.74, 6) is 1.08. The highest BCUT2D eigenvalue weighted by Crippen LogP contribution is 2.43. The van der Waals surface area contributed by atoms with Crippen molar-refractivity contribution >= 4 is 51.6 Å². The molecule has 1 aliphatic heterocycles. The number of carbonyl (C=O) groups is 1. The quantitative estimate of drug-likeness (QED) is 0.263. The Kier molecular flexibility index (Phi) is 6.84. The lowest BCUT2D eigenvalue weighted by Crippen LogP contribution is -2.19. The second kappa shape index (κ2) is 10.7. The third kappa shape index (κ3) is 4.85. The molecule has 2 aliphatic rings. The van der Waals surface area contributed by atoms with E-state index in [1.165, 1.54) is 7.11 Å². The normalized spacial score (nSPS) is 15.3. The highest BCUT2D eigenvalue weighted by atomic mass is 35.5. The van der Waals surface area contributed by atoms with Crippen molar-refractivity contribution in [1.29, 1.82) is 0 Å². The molecular weight excluding hydrogens is 526 g/mol. The lowest BCUT2D eigenvalue weighted by atomic mass is 9.82. The number of aliphatic imine (C=N–C) groups is 1. The average molecular weight is 550 g/mol. The number of nitrogens with one attached hydrogen (secondary N) is 1. The molecule has 0 amide bonds. The van der Waals surface area contributed by atoms with E-state index in [1.807, 2.05) is 36.4 Å². The Balaban J connectivity index is 1.40. The molecule has 1 aliphatic carbocycles. The van der Waals surface area contributed by atoms with Crippen LogP contribution in [0.5, 0.6) is 5.75 Å². The van der Waals surface area contributed by atoms with Gasteiger partial charge < -0.3 is 14.8 Å². The number of para-hydroxylation sites is 1. The van der Waals surface area contributed by atoms with Crippen molar-refractivity contribution in [3.8, 4) is 5.75 Å². The number of halogens is 1. The van der Waals surface area contributed by atoms with E-state index in [2.05, 4.69) is 33.5 Å². The number of anilines is 2. The highest BCUT2D eigenvalue weighted by molar-refractivity contribution is 6.33. The molecule has 2 aromatic heterocycles. The number of carbonyl (C=O) groups excluding carboxylic acids is 1. The van der Waals surface area contributed by atoms with E-state index in [1.54, 1.807) is 37.8 Å².